The predicted octanol–water partition coefficient (Wildman–Crippen LogP) is 4.75. The van der Waals surface area contributed by atoms with Crippen LogP contribution >= 0.6 is 0 Å². The van der Waals surface area contributed by atoms with Crippen LogP contribution < -0.4 is 0 Å². The Labute approximate surface area is 78.7 Å². The molecule has 0 saturated carbocycles. The van der Waals surface area contributed by atoms with E-state index in [0.29, 0.717) is 0 Å². The summed E-state index contributed by atoms with van der Waals surface area (Å²) in [7, 11) is 0. The van der Waals surface area contributed by atoms with E-state index in [1.807, 2.05) is 45.9 Å². The molecule has 0 saturated heterocycles. The zero-order valence-electron chi connectivity index (χ0n) is 8.39. The third-order valence-electron chi connectivity index (χ3n) is 0.981. The zero-order valence-corrected chi connectivity index (χ0v) is 8.39. The highest BCUT2D eigenvalue weighted by Gasteiger charge is 1.72. The van der Waals surface area contributed by atoms with Crippen LogP contribution in [0.1, 0.15) is 42.0 Å². The van der Waals surface area contributed by atoms with Gasteiger partial charge in [-0.2, -0.15) is 0 Å². The summed E-state index contributed by atoms with van der Waals surface area (Å²) < 4.78 is 0. The molecule has 0 aliphatic heterocycles. The Kier molecular flexibility index (Phi) is 24.1. The highest BCUT2D eigenvalue weighted by Crippen LogP contribution is 1.93. The van der Waals surface area contributed by atoms with Crippen LogP contribution in [0.15, 0.2) is 36.0 Å². The molecule has 72 valence electrons. The van der Waals surface area contributed by atoms with Gasteiger partial charge in [-0.05, 0) is 20.8 Å². The van der Waals surface area contributed by atoms with Gasteiger partial charge in [0.05, 0.1) is 0 Å². The van der Waals surface area contributed by atoms with Gasteiger partial charge in [0.2, 0.25) is 0 Å². The van der Waals surface area contributed by atoms with Crippen LogP contribution in [0.3, 0.4) is 0 Å². The Hall–Kier alpha value is -0.780. The summed E-state index contributed by atoms with van der Waals surface area (Å²) >= 11 is 0. The first-order chi connectivity index (χ1) is 5.31. The van der Waals surface area contributed by atoms with Crippen molar-refractivity contribution in [3.63, 3.8) is 0 Å². The Bertz CT molecular complexity index is 136. The predicted molar refractivity (Wildman–Crippen MR) is 61.5 cm³/mol. The van der Waals surface area contributed by atoms with Crippen molar-refractivity contribution in [3.05, 3.63) is 36.0 Å². The van der Waals surface area contributed by atoms with E-state index in [4.69, 9.17) is 0 Å². The van der Waals surface area contributed by atoms with Crippen LogP contribution in [0.25, 0.3) is 0 Å². The van der Waals surface area contributed by atoms with E-state index in [1.54, 1.807) is 0 Å². The van der Waals surface area contributed by atoms with Gasteiger partial charge in [-0.1, -0.05) is 57.2 Å². The van der Waals surface area contributed by atoms with Crippen molar-refractivity contribution in [2.24, 2.45) is 0 Å². The Morgan fingerprint density at radius 1 is 1.00 bits per heavy atom. The quantitative estimate of drug-likeness (QED) is 0.522. The molecule has 0 aliphatic carbocycles. The largest absolute Gasteiger partial charge is 0.0877 e. The van der Waals surface area contributed by atoms with Crippen LogP contribution in [0.2, 0.25) is 0 Å². The van der Waals surface area contributed by atoms with Gasteiger partial charge in [0.15, 0.2) is 0 Å². The molecule has 0 heterocycles. The van der Waals surface area contributed by atoms with Gasteiger partial charge in [-0.25, -0.2) is 0 Å². The molecule has 0 bridgehead atoms. The first-order valence-corrected chi connectivity index (χ1v) is 4.23. The lowest BCUT2D eigenvalue weighted by molar-refractivity contribution is 1.50. The van der Waals surface area contributed by atoms with Gasteiger partial charge in [-0.15, -0.1) is 0 Å². The van der Waals surface area contributed by atoms with Crippen LogP contribution in [-0.2, 0) is 0 Å². The molecule has 0 atom stereocenters. The molecule has 0 nitrogen and oxygen atoms in total. The molecule has 0 unspecified atom stereocenters. The van der Waals surface area contributed by atoms with E-state index in [1.165, 1.54) is 5.57 Å². The number of allylic oxidation sites excluding steroid dienone is 6. The fourth-order valence-electron chi connectivity index (χ4n) is 0.566. The summed E-state index contributed by atoms with van der Waals surface area (Å²) in [5.41, 5.74) is 1.29. The molecular formula is C12H24. The molecule has 0 spiro atoms. The second kappa shape index (κ2) is 16.7. The summed E-state index contributed by atoms with van der Waals surface area (Å²) in [6.45, 7) is 10.1. The van der Waals surface area contributed by atoms with Crippen LogP contribution in [0, 0.1) is 0 Å². The van der Waals surface area contributed by atoms with Gasteiger partial charge >= 0.3 is 0 Å². The molecule has 0 heteroatoms. The Morgan fingerprint density at radius 3 is 1.83 bits per heavy atom. The summed E-state index contributed by atoms with van der Waals surface area (Å²) in [6.07, 6.45) is 10.3. The molecule has 0 aromatic heterocycles. The maximum Gasteiger partial charge on any atom is -0.0398 e. The van der Waals surface area contributed by atoms with Gasteiger partial charge in [0.25, 0.3) is 0 Å². The first-order valence-electron chi connectivity index (χ1n) is 4.23. The first kappa shape index (κ1) is 17.3. The standard InChI is InChI=1S/C9H14.C2H6.CH4/c1-4-6-8-9(3)7-5-2;1-2;/h4-8H,1-3H3;1-2H3;1H4/b6-4-,7-5-,9-8-;;. The molecule has 0 radical (unpaired) electrons. The number of hydrogen-bond donors (Lipinski definition) is 0. The van der Waals surface area contributed by atoms with Crippen molar-refractivity contribution < 1.29 is 0 Å². The average Bonchev–Trinajstić information content (AvgIpc) is 2.05. The summed E-state index contributed by atoms with van der Waals surface area (Å²) in [5.74, 6) is 0. The van der Waals surface area contributed by atoms with E-state index < -0.39 is 0 Å². The number of rotatable bonds is 2. The molecule has 0 fully saturated rings. The van der Waals surface area contributed by atoms with Crippen molar-refractivity contribution >= 4 is 0 Å². The smallest absolute Gasteiger partial charge is 0.0398 e. The molecular weight excluding hydrogens is 144 g/mol. The SMILES string of the molecule is C.CC.C\C=C/C=C(C)\C=C/C. The van der Waals surface area contributed by atoms with E-state index in [0.717, 1.165) is 0 Å². The summed E-state index contributed by atoms with van der Waals surface area (Å²) in [6, 6.07) is 0. The van der Waals surface area contributed by atoms with Crippen molar-refractivity contribution in [2.75, 3.05) is 0 Å². The highest BCUT2D eigenvalue weighted by atomic mass is 13.8. The normalized spacial score (nSPS) is 10.9. The van der Waals surface area contributed by atoms with Crippen molar-refractivity contribution in [1.82, 2.24) is 0 Å². The molecule has 0 aromatic rings. The van der Waals surface area contributed by atoms with Gasteiger partial charge in [-0.3, -0.25) is 0 Å². The Balaban J connectivity index is -0.000000249. The minimum Gasteiger partial charge on any atom is -0.0877 e. The van der Waals surface area contributed by atoms with Gasteiger partial charge < -0.3 is 0 Å². The Morgan fingerprint density at radius 2 is 1.50 bits per heavy atom. The summed E-state index contributed by atoms with van der Waals surface area (Å²) in [4.78, 5) is 0. The minimum absolute atomic E-state index is 0. The maximum atomic E-state index is 2.08. The third-order valence-corrected chi connectivity index (χ3v) is 0.981. The van der Waals surface area contributed by atoms with E-state index >= 15 is 0 Å². The number of hydrogen-bond acceptors (Lipinski definition) is 0. The summed E-state index contributed by atoms with van der Waals surface area (Å²) in [5, 5.41) is 0. The maximum absolute atomic E-state index is 2.08. The van der Waals surface area contributed by atoms with Crippen LogP contribution in [0.5, 0.6) is 0 Å². The molecule has 0 aliphatic rings. The van der Waals surface area contributed by atoms with Crippen molar-refractivity contribution in [2.45, 2.75) is 42.0 Å². The monoisotopic (exact) mass is 168 g/mol. The highest BCUT2D eigenvalue weighted by molar-refractivity contribution is 5.20. The second-order valence-electron chi connectivity index (χ2n) is 1.94. The fraction of sp³-hybridized carbons (Fsp3) is 0.500. The lowest BCUT2D eigenvalue weighted by Gasteiger charge is -1.83. The van der Waals surface area contributed by atoms with E-state index in [9.17, 15) is 0 Å². The van der Waals surface area contributed by atoms with E-state index in [-0.39, 0.29) is 7.43 Å². The molecule has 0 amide bonds. The van der Waals surface area contributed by atoms with Crippen LogP contribution in [-0.4, -0.2) is 0 Å². The topological polar surface area (TPSA) is 0 Å². The van der Waals surface area contributed by atoms with E-state index in [2.05, 4.69) is 19.1 Å². The third kappa shape index (κ3) is 16.1. The fourth-order valence-corrected chi connectivity index (χ4v) is 0.566. The van der Waals surface area contributed by atoms with Gasteiger partial charge in [0.1, 0.15) is 0 Å². The van der Waals surface area contributed by atoms with Crippen molar-refractivity contribution in [1.29, 1.82) is 0 Å². The minimum atomic E-state index is 0. The molecule has 0 aromatic carbocycles. The molecule has 0 N–H and O–H groups in total. The van der Waals surface area contributed by atoms with Gasteiger partial charge in [0, 0.05) is 0 Å². The molecule has 12 heavy (non-hydrogen) atoms. The lowest BCUT2D eigenvalue weighted by Crippen LogP contribution is -1.62. The average molecular weight is 168 g/mol. The molecule has 0 rings (SSSR count). The second-order valence-corrected chi connectivity index (χ2v) is 1.94. The zero-order chi connectivity index (χ0) is 9.11. The van der Waals surface area contributed by atoms with Crippen LogP contribution in [0.4, 0.5) is 0 Å². The lowest BCUT2D eigenvalue weighted by atomic mass is 10.2. The van der Waals surface area contributed by atoms with Crippen molar-refractivity contribution in [3.8, 4) is 0 Å².